The van der Waals surface area contributed by atoms with Gasteiger partial charge in [-0.25, -0.2) is 4.39 Å². The van der Waals surface area contributed by atoms with Crippen LogP contribution in [-0.2, 0) is 10.2 Å². The van der Waals surface area contributed by atoms with E-state index in [-0.39, 0.29) is 11.7 Å². The third-order valence-electron chi connectivity index (χ3n) is 5.27. The summed E-state index contributed by atoms with van der Waals surface area (Å²) >= 11 is 0. The molecule has 0 aromatic heterocycles. The molecule has 4 nitrogen and oxygen atoms in total. The van der Waals surface area contributed by atoms with Crippen molar-refractivity contribution in [1.29, 1.82) is 0 Å². The van der Waals surface area contributed by atoms with Gasteiger partial charge in [0.2, 0.25) is 5.91 Å². The lowest BCUT2D eigenvalue weighted by molar-refractivity contribution is -0.121. The Hall–Kier alpha value is -2.56. The molecule has 0 spiro atoms. The lowest BCUT2D eigenvalue weighted by atomic mass is 9.78. The summed E-state index contributed by atoms with van der Waals surface area (Å²) in [5.41, 5.74) is 1.84. The van der Waals surface area contributed by atoms with Crippen molar-refractivity contribution in [3.05, 3.63) is 53.3 Å². The van der Waals surface area contributed by atoms with E-state index in [4.69, 9.17) is 9.47 Å². The predicted octanol–water partition coefficient (Wildman–Crippen LogP) is 4.60. The Morgan fingerprint density at radius 1 is 1.04 bits per heavy atom. The van der Waals surface area contributed by atoms with E-state index in [1.54, 1.807) is 32.4 Å². The van der Waals surface area contributed by atoms with Crippen LogP contribution >= 0.6 is 0 Å². The molecule has 1 fully saturated rings. The molecule has 1 amide bonds. The zero-order chi connectivity index (χ0) is 18.7. The zero-order valence-corrected chi connectivity index (χ0v) is 15.4. The number of ether oxygens (including phenoxy) is 2. The molecule has 1 aliphatic carbocycles. The van der Waals surface area contributed by atoms with Crippen molar-refractivity contribution in [2.45, 2.75) is 38.0 Å². The highest BCUT2D eigenvalue weighted by Gasteiger charge is 2.42. The van der Waals surface area contributed by atoms with E-state index in [1.165, 1.54) is 12.1 Å². The molecule has 1 N–H and O–H groups in total. The van der Waals surface area contributed by atoms with E-state index in [0.717, 1.165) is 36.8 Å². The van der Waals surface area contributed by atoms with Crippen LogP contribution in [0.25, 0.3) is 0 Å². The number of hydrogen-bond donors (Lipinski definition) is 1. The van der Waals surface area contributed by atoms with E-state index in [1.807, 2.05) is 13.0 Å². The van der Waals surface area contributed by atoms with Crippen molar-refractivity contribution >= 4 is 11.6 Å². The van der Waals surface area contributed by atoms with E-state index in [9.17, 15) is 9.18 Å². The molecule has 138 valence electrons. The lowest BCUT2D eigenvalue weighted by Crippen LogP contribution is -2.38. The van der Waals surface area contributed by atoms with Gasteiger partial charge in [-0.2, -0.15) is 0 Å². The molecule has 0 radical (unpaired) electrons. The topological polar surface area (TPSA) is 47.6 Å². The van der Waals surface area contributed by atoms with Crippen molar-refractivity contribution in [1.82, 2.24) is 0 Å². The molecule has 5 heteroatoms. The molecular weight excluding hydrogens is 333 g/mol. The van der Waals surface area contributed by atoms with Gasteiger partial charge in [0, 0.05) is 11.8 Å². The van der Waals surface area contributed by atoms with Crippen molar-refractivity contribution in [2.24, 2.45) is 0 Å². The first-order valence-electron chi connectivity index (χ1n) is 8.80. The smallest absolute Gasteiger partial charge is 0.235 e. The predicted molar refractivity (Wildman–Crippen MR) is 99.5 cm³/mol. The molecule has 26 heavy (non-hydrogen) atoms. The van der Waals surface area contributed by atoms with Crippen molar-refractivity contribution < 1.29 is 18.7 Å². The fourth-order valence-corrected chi connectivity index (χ4v) is 3.75. The molecule has 1 saturated carbocycles. The largest absolute Gasteiger partial charge is 0.493 e. The van der Waals surface area contributed by atoms with Gasteiger partial charge in [-0.1, -0.05) is 25.0 Å². The van der Waals surface area contributed by atoms with E-state index < -0.39 is 5.41 Å². The summed E-state index contributed by atoms with van der Waals surface area (Å²) in [6.45, 7) is 1.91. The number of anilines is 1. The third-order valence-corrected chi connectivity index (χ3v) is 5.27. The van der Waals surface area contributed by atoms with Crippen LogP contribution < -0.4 is 14.8 Å². The maximum Gasteiger partial charge on any atom is 0.235 e. The molecule has 0 bridgehead atoms. The quantitative estimate of drug-likeness (QED) is 0.851. The minimum Gasteiger partial charge on any atom is -0.493 e. The van der Waals surface area contributed by atoms with Crippen LogP contribution in [0, 0.1) is 12.7 Å². The van der Waals surface area contributed by atoms with Gasteiger partial charge in [-0.05, 0) is 49.1 Å². The average molecular weight is 357 g/mol. The fraction of sp³-hybridized carbons (Fsp3) is 0.381. The molecule has 2 aromatic carbocycles. The number of aryl methyl sites for hydroxylation is 1. The van der Waals surface area contributed by atoms with Gasteiger partial charge in [-0.3, -0.25) is 4.79 Å². The molecule has 2 aromatic rings. The lowest BCUT2D eigenvalue weighted by Gasteiger charge is -2.29. The van der Waals surface area contributed by atoms with Crippen LogP contribution in [0.4, 0.5) is 10.1 Å². The standard InChI is InChI=1S/C21H24FNO3/c1-14-12-18(25-2)19(26-3)13-17(14)23-20(24)21(10-4-5-11-21)15-6-8-16(22)9-7-15/h6-9,12-13H,4-5,10-11H2,1-3H3,(H,23,24). The van der Waals surface area contributed by atoms with E-state index >= 15 is 0 Å². The Balaban J connectivity index is 1.93. The Labute approximate surface area is 153 Å². The molecule has 0 heterocycles. The molecular formula is C21H24FNO3. The summed E-state index contributed by atoms with van der Waals surface area (Å²) < 4.78 is 24.0. The summed E-state index contributed by atoms with van der Waals surface area (Å²) in [5.74, 6) is 0.836. The SMILES string of the molecule is COc1cc(C)c(NC(=O)C2(c3ccc(F)cc3)CCCC2)cc1OC. The minimum absolute atomic E-state index is 0.0584. The Bertz CT molecular complexity index is 796. The minimum atomic E-state index is -0.618. The number of benzene rings is 2. The van der Waals surface area contributed by atoms with Gasteiger partial charge < -0.3 is 14.8 Å². The second kappa shape index (κ2) is 7.36. The number of carbonyl (C=O) groups excluding carboxylic acids is 1. The Morgan fingerprint density at radius 2 is 1.62 bits per heavy atom. The number of methoxy groups -OCH3 is 2. The van der Waals surface area contributed by atoms with Crippen LogP contribution in [0.3, 0.4) is 0 Å². The second-order valence-electron chi connectivity index (χ2n) is 6.77. The molecule has 0 aliphatic heterocycles. The molecule has 0 saturated heterocycles. The Morgan fingerprint density at radius 3 is 2.19 bits per heavy atom. The third kappa shape index (κ3) is 3.26. The van der Waals surface area contributed by atoms with Gasteiger partial charge in [0.1, 0.15) is 5.82 Å². The van der Waals surface area contributed by atoms with E-state index in [2.05, 4.69) is 5.32 Å². The molecule has 0 atom stereocenters. The van der Waals surface area contributed by atoms with Gasteiger partial charge in [-0.15, -0.1) is 0 Å². The highest BCUT2D eigenvalue weighted by Crippen LogP contribution is 2.43. The normalized spacial score (nSPS) is 15.5. The highest BCUT2D eigenvalue weighted by molar-refractivity contribution is 6.00. The van der Waals surface area contributed by atoms with Crippen molar-refractivity contribution in [3.63, 3.8) is 0 Å². The summed E-state index contributed by atoms with van der Waals surface area (Å²) in [6, 6.07) is 9.91. The van der Waals surface area contributed by atoms with Crippen LogP contribution in [-0.4, -0.2) is 20.1 Å². The van der Waals surface area contributed by atoms with Crippen LogP contribution in [0.2, 0.25) is 0 Å². The van der Waals surface area contributed by atoms with Crippen molar-refractivity contribution in [2.75, 3.05) is 19.5 Å². The molecule has 1 aliphatic rings. The number of carbonyl (C=O) groups is 1. The van der Waals surface area contributed by atoms with Crippen molar-refractivity contribution in [3.8, 4) is 11.5 Å². The number of hydrogen-bond acceptors (Lipinski definition) is 3. The number of amides is 1. The highest BCUT2D eigenvalue weighted by atomic mass is 19.1. The molecule has 3 rings (SSSR count). The maximum atomic E-state index is 13.3. The summed E-state index contributed by atoms with van der Waals surface area (Å²) in [5, 5.41) is 3.06. The van der Waals surface area contributed by atoms with Gasteiger partial charge in [0.25, 0.3) is 0 Å². The second-order valence-corrected chi connectivity index (χ2v) is 6.77. The summed E-state index contributed by atoms with van der Waals surface area (Å²) in [6.07, 6.45) is 3.49. The number of halogens is 1. The maximum absolute atomic E-state index is 13.3. The van der Waals surface area contributed by atoms with E-state index in [0.29, 0.717) is 17.2 Å². The van der Waals surface area contributed by atoms with Gasteiger partial charge >= 0.3 is 0 Å². The first-order valence-corrected chi connectivity index (χ1v) is 8.80. The van der Waals surface area contributed by atoms with Gasteiger partial charge in [0.15, 0.2) is 11.5 Å². The Kier molecular flexibility index (Phi) is 5.16. The molecule has 0 unspecified atom stereocenters. The number of nitrogens with one attached hydrogen (secondary N) is 1. The summed E-state index contributed by atoms with van der Waals surface area (Å²) in [4.78, 5) is 13.3. The average Bonchev–Trinajstić information content (AvgIpc) is 3.14. The monoisotopic (exact) mass is 357 g/mol. The number of rotatable bonds is 5. The van der Waals surface area contributed by atoms with Crippen LogP contribution in [0.1, 0.15) is 36.8 Å². The zero-order valence-electron chi connectivity index (χ0n) is 15.4. The van der Waals surface area contributed by atoms with Crippen LogP contribution in [0.15, 0.2) is 36.4 Å². The first-order chi connectivity index (χ1) is 12.5. The summed E-state index contributed by atoms with van der Waals surface area (Å²) in [7, 11) is 3.15. The fourth-order valence-electron chi connectivity index (χ4n) is 3.75. The van der Waals surface area contributed by atoms with Crippen LogP contribution in [0.5, 0.6) is 11.5 Å². The van der Waals surface area contributed by atoms with Gasteiger partial charge in [0.05, 0.1) is 19.6 Å². The first kappa shape index (κ1) is 18.2.